The van der Waals surface area contributed by atoms with Crippen LogP contribution in [0.3, 0.4) is 0 Å². The molecule has 1 aliphatic carbocycles. The first kappa shape index (κ1) is 11.4. The van der Waals surface area contributed by atoms with Crippen molar-refractivity contribution in [1.82, 2.24) is 10.2 Å². The molecule has 2 rings (SSSR count). The molecule has 2 N–H and O–H groups in total. The predicted octanol–water partition coefficient (Wildman–Crippen LogP) is 0.267. The van der Waals surface area contributed by atoms with E-state index in [1.54, 1.807) is 0 Å². The van der Waals surface area contributed by atoms with Crippen LogP contribution in [0.5, 0.6) is 0 Å². The Morgan fingerprint density at radius 1 is 1.25 bits per heavy atom. The third kappa shape index (κ3) is 2.95. The molecule has 2 fully saturated rings. The van der Waals surface area contributed by atoms with Crippen LogP contribution in [0.15, 0.2) is 0 Å². The van der Waals surface area contributed by atoms with Gasteiger partial charge in [-0.1, -0.05) is 0 Å². The number of carbonyl (C=O) groups excluding carboxylic acids is 1. The smallest absolute Gasteiger partial charge is 0.307 e. The average molecular weight is 226 g/mol. The second kappa shape index (κ2) is 4.82. The molecule has 0 radical (unpaired) electrons. The van der Waals surface area contributed by atoms with Gasteiger partial charge >= 0.3 is 5.97 Å². The number of hydrogen-bond donors (Lipinski definition) is 2. The van der Waals surface area contributed by atoms with Crippen molar-refractivity contribution in [3.63, 3.8) is 0 Å². The van der Waals surface area contributed by atoms with Gasteiger partial charge in [0.15, 0.2) is 0 Å². The summed E-state index contributed by atoms with van der Waals surface area (Å²) in [6, 6.07) is 0. The van der Waals surface area contributed by atoms with Gasteiger partial charge in [0, 0.05) is 12.5 Å². The molecular weight excluding hydrogens is 208 g/mol. The van der Waals surface area contributed by atoms with Crippen molar-refractivity contribution in [2.75, 3.05) is 19.8 Å². The lowest BCUT2D eigenvalue weighted by Crippen LogP contribution is -2.45. The van der Waals surface area contributed by atoms with Crippen molar-refractivity contribution in [1.29, 1.82) is 0 Å². The standard InChI is InChI=1S/C11H18N2O3/c14-10(8-3-4-8)12-7-13-5-1-2-9(6-13)11(15)16/h8-9H,1-7H2,(H,12,14)(H,15,16). The number of carbonyl (C=O) groups is 2. The van der Waals surface area contributed by atoms with Gasteiger partial charge in [-0.05, 0) is 32.2 Å². The molecule has 0 aromatic heterocycles. The van der Waals surface area contributed by atoms with Gasteiger partial charge < -0.3 is 10.4 Å². The van der Waals surface area contributed by atoms with E-state index in [1.807, 2.05) is 4.90 Å². The van der Waals surface area contributed by atoms with Gasteiger partial charge in [0.1, 0.15) is 0 Å². The molecule has 5 heteroatoms. The molecule has 1 saturated heterocycles. The molecule has 5 nitrogen and oxygen atoms in total. The van der Waals surface area contributed by atoms with Crippen LogP contribution in [0, 0.1) is 11.8 Å². The fourth-order valence-electron chi connectivity index (χ4n) is 2.08. The number of nitrogens with zero attached hydrogens (tertiary/aromatic N) is 1. The molecular formula is C11H18N2O3. The molecule has 0 aromatic rings. The average Bonchev–Trinajstić information content (AvgIpc) is 3.10. The van der Waals surface area contributed by atoms with E-state index in [0.717, 1.165) is 32.2 Å². The van der Waals surface area contributed by atoms with E-state index >= 15 is 0 Å². The quantitative estimate of drug-likeness (QED) is 0.721. The Kier molecular flexibility index (Phi) is 3.43. The van der Waals surface area contributed by atoms with Gasteiger partial charge in [-0.3, -0.25) is 14.5 Å². The summed E-state index contributed by atoms with van der Waals surface area (Å²) in [5.74, 6) is -0.651. The maximum atomic E-state index is 11.4. The van der Waals surface area contributed by atoms with E-state index in [0.29, 0.717) is 13.2 Å². The monoisotopic (exact) mass is 226 g/mol. The number of likely N-dealkylation sites (tertiary alicyclic amines) is 1. The molecule has 1 heterocycles. The maximum Gasteiger partial charge on any atom is 0.307 e. The van der Waals surface area contributed by atoms with Gasteiger partial charge in [0.25, 0.3) is 0 Å². The fourth-order valence-corrected chi connectivity index (χ4v) is 2.08. The Morgan fingerprint density at radius 2 is 2.00 bits per heavy atom. The van der Waals surface area contributed by atoms with E-state index in [9.17, 15) is 9.59 Å². The highest BCUT2D eigenvalue weighted by molar-refractivity contribution is 5.80. The molecule has 2 aliphatic rings. The SMILES string of the molecule is O=C(O)C1CCCN(CNC(=O)C2CC2)C1. The van der Waals surface area contributed by atoms with Crippen LogP contribution in [0.4, 0.5) is 0 Å². The second-order valence-electron chi connectivity index (χ2n) is 4.73. The van der Waals surface area contributed by atoms with E-state index in [2.05, 4.69) is 5.32 Å². The van der Waals surface area contributed by atoms with Gasteiger partial charge in [0.05, 0.1) is 12.6 Å². The fraction of sp³-hybridized carbons (Fsp3) is 0.818. The van der Waals surface area contributed by atoms with Crippen molar-refractivity contribution >= 4 is 11.9 Å². The first-order valence-corrected chi connectivity index (χ1v) is 5.89. The highest BCUT2D eigenvalue weighted by atomic mass is 16.4. The summed E-state index contributed by atoms with van der Waals surface area (Å²) < 4.78 is 0. The third-order valence-electron chi connectivity index (χ3n) is 3.28. The number of nitrogens with one attached hydrogen (secondary N) is 1. The van der Waals surface area contributed by atoms with E-state index in [-0.39, 0.29) is 17.7 Å². The second-order valence-corrected chi connectivity index (χ2v) is 4.73. The zero-order chi connectivity index (χ0) is 11.5. The summed E-state index contributed by atoms with van der Waals surface area (Å²) in [6.45, 7) is 1.94. The van der Waals surface area contributed by atoms with Crippen molar-refractivity contribution in [3.05, 3.63) is 0 Å². The molecule has 0 aromatic carbocycles. The van der Waals surface area contributed by atoms with Crippen LogP contribution in [0.1, 0.15) is 25.7 Å². The molecule has 1 saturated carbocycles. The Balaban J connectivity index is 1.72. The first-order chi connectivity index (χ1) is 7.66. The minimum atomic E-state index is -0.724. The van der Waals surface area contributed by atoms with Crippen LogP contribution in [-0.2, 0) is 9.59 Å². The maximum absolute atomic E-state index is 11.4. The Labute approximate surface area is 94.8 Å². The van der Waals surface area contributed by atoms with Crippen LogP contribution in [0.2, 0.25) is 0 Å². The van der Waals surface area contributed by atoms with Crippen LogP contribution >= 0.6 is 0 Å². The number of carboxylic acid groups (broad SMARTS) is 1. The minimum Gasteiger partial charge on any atom is -0.481 e. The molecule has 90 valence electrons. The number of piperidine rings is 1. The third-order valence-corrected chi connectivity index (χ3v) is 3.28. The van der Waals surface area contributed by atoms with Crippen molar-refractivity contribution in [2.45, 2.75) is 25.7 Å². The van der Waals surface area contributed by atoms with E-state index < -0.39 is 5.97 Å². The lowest BCUT2D eigenvalue weighted by atomic mass is 9.99. The lowest BCUT2D eigenvalue weighted by molar-refractivity contribution is -0.143. The van der Waals surface area contributed by atoms with E-state index in [4.69, 9.17) is 5.11 Å². The number of aliphatic carboxylic acids is 1. The first-order valence-electron chi connectivity index (χ1n) is 5.89. The minimum absolute atomic E-state index is 0.123. The van der Waals surface area contributed by atoms with E-state index in [1.165, 1.54) is 0 Å². The van der Waals surface area contributed by atoms with Gasteiger partial charge in [0.2, 0.25) is 5.91 Å². The van der Waals surface area contributed by atoms with Gasteiger partial charge in [-0.15, -0.1) is 0 Å². The normalized spacial score (nSPS) is 26.4. The highest BCUT2D eigenvalue weighted by Crippen LogP contribution is 2.28. The molecule has 1 atom stereocenters. The zero-order valence-corrected chi connectivity index (χ0v) is 9.32. The Hall–Kier alpha value is -1.10. The Morgan fingerprint density at radius 3 is 2.62 bits per heavy atom. The van der Waals surface area contributed by atoms with Crippen molar-refractivity contribution < 1.29 is 14.7 Å². The molecule has 1 aliphatic heterocycles. The topological polar surface area (TPSA) is 69.6 Å². The molecule has 0 spiro atoms. The van der Waals surface area contributed by atoms with Crippen LogP contribution < -0.4 is 5.32 Å². The van der Waals surface area contributed by atoms with Gasteiger partial charge in [-0.2, -0.15) is 0 Å². The highest BCUT2D eigenvalue weighted by Gasteiger charge is 2.30. The van der Waals surface area contributed by atoms with Crippen molar-refractivity contribution in [2.24, 2.45) is 11.8 Å². The van der Waals surface area contributed by atoms with Crippen LogP contribution in [0.25, 0.3) is 0 Å². The Bertz CT molecular complexity index is 289. The molecule has 1 amide bonds. The summed E-state index contributed by atoms with van der Waals surface area (Å²) in [6.07, 6.45) is 3.66. The predicted molar refractivity (Wildman–Crippen MR) is 57.7 cm³/mol. The summed E-state index contributed by atoms with van der Waals surface area (Å²) in [4.78, 5) is 24.3. The molecule has 0 bridgehead atoms. The number of amides is 1. The van der Waals surface area contributed by atoms with Crippen LogP contribution in [-0.4, -0.2) is 41.6 Å². The summed E-state index contributed by atoms with van der Waals surface area (Å²) in [5, 5.41) is 11.8. The number of hydrogen-bond acceptors (Lipinski definition) is 3. The summed E-state index contributed by atoms with van der Waals surface area (Å²) >= 11 is 0. The van der Waals surface area contributed by atoms with Gasteiger partial charge in [-0.25, -0.2) is 0 Å². The molecule has 1 unspecified atom stereocenters. The largest absolute Gasteiger partial charge is 0.481 e. The summed E-state index contributed by atoms with van der Waals surface area (Å²) in [5.41, 5.74) is 0. The number of rotatable bonds is 4. The lowest BCUT2D eigenvalue weighted by Gasteiger charge is -2.30. The number of carboxylic acids is 1. The summed E-state index contributed by atoms with van der Waals surface area (Å²) in [7, 11) is 0. The van der Waals surface area contributed by atoms with Crippen molar-refractivity contribution in [3.8, 4) is 0 Å². The zero-order valence-electron chi connectivity index (χ0n) is 9.32. The molecule has 16 heavy (non-hydrogen) atoms.